The Balaban J connectivity index is 2.34. The molecule has 134 valence electrons. The molecule has 4 nitrogen and oxygen atoms in total. The molecule has 0 fully saturated rings. The lowest BCUT2D eigenvalue weighted by atomic mass is 10.0. The molecule has 0 aliphatic rings. The molecule has 7 heteroatoms. The number of nitrogens with zero attached hydrogens (tertiary/aromatic N) is 1. The van der Waals surface area contributed by atoms with E-state index in [4.69, 9.17) is 5.73 Å². The van der Waals surface area contributed by atoms with Gasteiger partial charge in [-0.15, -0.1) is 0 Å². The van der Waals surface area contributed by atoms with Crippen LogP contribution in [-0.4, -0.2) is 16.9 Å². The van der Waals surface area contributed by atoms with E-state index in [-0.39, 0.29) is 11.6 Å². The molecule has 0 saturated heterocycles. The Labute approximate surface area is 144 Å². The van der Waals surface area contributed by atoms with Crippen molar-refractivity contribution in [2.75, 3.05) is 5.32 Å². The summed E-state index contributed by atoms with van der Waals surface area (Å²) in [5.74, 6) is -0.465. The van der Waals surface area contributed by atoms with Gasteiger partial charge < -0.3 is 11.1 Å². The lowest BCUT2D eigenvalue weighted by molar-refractivity contribution is -0.136. The van der Waals surface area contributed by atoms with Gasteiger partial charge in [0.15, 0.2) is 0 Å². The summed E-state index contributed by atoms with van der Waals surface area (Å²) in [4.78, 5) is 15.9. The van der Waals surface area contributed by atoms with Crippen molar-refractivity contribution in [1.29, 1.82) is 0 Å². The van der Waals surface area contributed by atoms with Gasteiger partial charge in [0, 0.05) is 12.4 Å². The average molecular weight is 351 g/mol. The molecule has 2 rings (SSSR count). The molecular weight excluding hydrogens is 331 g/mol. The molecule has 1 aromatic heterocycles. The predicted octanol–water partition coefficient (Wildman–Crippen LogP) is 4.08. The van der Waals surface area contributed by atoms with Crippen LogP contribution in [0.15, 0.2) is 42.7 Å². The lowest BCUT2D eigenvalue weighted by Crippen LogP contribution is -2.37. The van der Waals surface area contributed by atoms with E-state index in [0.29, 0.717) is 17.5 Å². The standard InChI is InChI=1S/C18H20F3N3O/c1-11(2)9-15(22)17(25)24-16-4-3-13(10-14(16)18(19,20)21)12-5-7-23-8-6-12/h3-8,10-11,15H,9,22H2,1-2H3,(H,24,25). The second-order valence-electron chi connectivity index (χ2n) is 6.22. The molecule has 2 aromatic rings. The lowest BCUT2D eigenvalue weighted by Gasteiger charge is -2.18. The third kappa shape index (κ3) is 5.03. The molecule has 1 heterocycles. The minimum absolute atomic E-state index is 0.164. The number of nitrogens with one attached hydrogen (secondary N) is 1. The summed E-state index contributed by atoms with van der Waals surface area (Å²) < 4.78 is 40.2. The average Bonchev–Trinajstić information content (AvgIpc) is 2.54. The van der Waals surface area contributed by atoms with Gasteiger partial charge in [0.2, 0.25) is 5.91 Å². The maximum Gasteiger partial charge on any atom is 0.418 e. The Morgan fingerprint density at radius 2 is 1.80 bits per heavy atom. The van der Waals surface area contributed by atoms with Gasteiger partial charge in [-0.1, -0.05) is 19.9 Å². The Hall–Kier alpha value is -2.41. The molecule has 1 aromatic carbocycles. The first-order valence-corrected chi connectivity index (χ1v) is 7.86. The van der Waals surface area contributed by atoms with Crippen LogP contribution < -0.4 is 11.1 Å². The molecule has 1 unspecified atom stereocenters. The van der Waals surface area contributed by atoms with Gasteiger partial charge in [-0.05, 0) is 47.7 Å². The van der Waals surface area contributed by atoms with Gasteiger partial charge in [-0.2, -0.15) is 13.2 Å². The number of anilines is 1. The molecule has 1 atom stereocenters. The largest absolute Gasteiger partial charge is 0.418 e. The number of benzene rings is 1. The van der Waals surface area contributed by atoms with E-state index < -0.39 is 23.7 Å². The van der Waals surface area contributed by atoms with Crippen LogP contribution in [0.1, 0.15) is 25.8 Å². The first kappa shape index (κ1) is 18.9. The highest BCUT2D eigenvalue weighted by Gasteiger charge is 2.34. The van der Waals surface area contributed by atoms with E-state index in [1.165, 1.54) is 24.5 Å². The van der Waals surface area contributed by atoms with Gasteiger partial charge in [0.25, 0.3) is 0 Å². The Bertz CT molecular complexity index is 730. The Morgan fingerprint density at radius 3 is 2.36 bits per heavy atom. The molecule has 0 spiro atoms. The van der Waals surface area contributed by atoms with E-state index in [9.17, 15) is 18.0 Å². The van der Waals surface area contributed by atoms with E-state index >= 15 is 0 Å². The van der Waals surface area contributed by atoms with Gasteiger partial charge in [0.1, 0.15) is 0 Å². The van der Waals surface area contributed by atoms with Crippen molar-refractivity contribution in [3.63, 3.8) is 0 Å². The summed E-state index contributed by atoms with van der Waals surface area (Å²) in [7, 11) is 0. The van der Waals surface area contributed by atoms with Gasteiger partial charge in [-0.3, -0.25) is 9.78 Å². The molecule has 0 aliphatic carbocycles. The minimum Gasteiger partial charge on any atom is -0.324 e. The smallest absolute Gasteiger partial charge is 0.324 e. The van der Waals surface area contributed by atoms with Crippen LogP contribution >= 0.6 is 0 Å². The first-order valence-electron chi connectivity index (χ1n) is 7.86. The van der Waals surface area contributed by atoms with Gasteiger partial charge in [0.05, 0.1) is 17.3 Å². The molecule has 0 saturated carbocycles. The van der Waals surface area contributed by atoms with Gasteiger partial charge >= 0.3 is 6.18 Å². The summed E-state index contributed by atoms with van der Waals surface area (Å²) in [6, 6.07) is 6.16. The number of alkyl halides is 3. The van der Waals surface area contributed by atoms with Gasteiger partial charge in [-0.25, -0.2) is 0 Å². The monoisotopic (exact) mass is 351 g/mol. The number of pyridine rings is 1. The van der Waals surface area contributed by atoms with Crippen molar-refractivity contribution in [3.8, 4) is 11.1 Å². The fraction of sp³-hybridized carbons (Fsp3) is 0.333. The second kappa shape index (κ2) is 7.65. The molecule has 1 amide bonds. The van der Waals surface area contributed by atoms with Crippen LogP contribution in [0.4, 0.5) is 18.9 Å². The number of amides is 1. The van der Waals surface area contributed by atoms with E-state index in [0.717, 1.165) is 6.07 Å². The molecule has 0 aliphatic heterocycles. The van der Waals surface area contributed by atoms with Crippen LogP contribution in [0.3, 0.4) is 0 Å². The summed E-state index contributed by atoms with van der Waals surface area (Å²) >= 11 is 0. The zero-order valence-corrected chi connectivity index (χ0v) is 14.0. The molecule has 0 bridgehead atoms. The fourth-order valence-corrected chi connectivity index (χ4v) is 2.45. The molecule has 0 radical (unpaired) electrons. The Morgan fingerprint density at radius 1 is 1.16 bits per heavy atom. The summed E-state index contributed by atoms with van der Waals surface area (Å²) in [5, 5.41) is 2.30. The minimum atomic E-state index is -4.60. The van der Waals surface area contributed by atoms with Crippen molar-refractivity contribution in [2.24, 2.45) is 11.7 Å². The summed E-state index contributed by atoms with van der Waals surface area (Å²) in [6.45, 7) is 3.77. The number of carbonyl (C=O) groups excluding carboxylic acids is 1. The number of aromatic nitrogens is 1. The molecular formula is C18H20F3N3O. The van der Waals surface area contributed by atoms with E-state index in [1.807, 2.05) is 13.8 Å². The molecule has 25 heavy (non-hydrogen) atoms. The number of rotatable bonds is 5. The topological polar surface area (TPSA) is 68.0 Å². The zero-order valence-electron chi connectivity index (χ0n) is 14.0. The highest BCUT2D eigenvalue weighted by molar-refractivity contribution is 5.95. The summed E-state index contributed by atoms with van der Waals surface area (Å²) in [6.07, 6.45) is -1.21. The number of nitrogens with two attached hydrogens (primary N) is 1. The SMILES string of the molecule is CC(C)CC(N)C(=O)Nc1ccc(-c2ccncc2)cc1C(F)(F)F. The highest BCUT2D eigenvalue weighted by Crippen LogP contribution is 2.37. The van der Waals surface area contributed by atoms with Crippen LogP contribution in [0.5, 0.6) is 0 Å². The van der Waals surface area contributed by atoms with Crippen LogP contribution in [0.2, 0.25) is 0 Å². The highest BCUT2D eigenvalue weighted by atomic mass is 19.4. The summed E-state index contributed by atoms with van der Waals surface area (Å²) in [5.41, 5.74) is 5.53. The first-order chi connectivity index (χ1) is 11.7. The molecule has 3 N–H and O–H groups in total. The number of halogens is 3. The normalized spacial score (nSPS) is 12.9. The van der Waals surface area contributed by atoms with E-state index in [1.54, 1.807) is 12.1 Å². The maximum atomic E-state index is 13.4. The predicted molar refractivity (Wildman–Crippen MR) is 90.7 cm³/mol. The second-order valence-corrected chi connectivity index (χ2v) is 6.22. The third-order valence-electron chi connectivity index (χ3n) is 3.66. The van der Waals surface area contributed by atoms with Crippen molar-refractivity contribution in [3.05, 3.63) is 48.3 Å². The van der Waals surface area contributed by atoms with Crippen molar-refractivity contribution in [1.82, 2.24) is 4.98 Å². The quantitative estimate of drug-likeness (QED) is 0.853. The van der Waals surface area contributed by atoms with Crippen molar-refractivity contribution < 1.29 is 18.0 Å². The zero-order chi connectivity index (χ0) is 18.6. The Kier molecular flexibility index (Phi) is 5.79. The number of carbonyl (C=O) groups is 1. The van der Waals surface area contributed by atoms with Crippen LogP contribution in [-0.2, 0) is 11.0 Å². The van der Waals surface area contributed by atoms with Crippen molar-refractivity contribution >= 4 is 11.6 Å². The fourth-order valence-electron chi connectivity index (χ4n) is 2.45. The van der Waals surface area contributed by atoms with Crippen molar-refractivity contribution in [2.45, 2.75) is 32.5 Å². The van der Waals surface area contributed by atoms with Crippen LogP contribution in [0.25, 0.3) is 11.1 Å². The van der Waals surface area contributed by atoms with Crippen LogP contribution in [0, 0.1) is 5.92 Å². The number of hydrogen-bond donors (Lipinski definition) is 2. The number of hydrogen-bond acceptors (Lipinski definition) is 3. The maximum absolute atomic E-state index is 13.4. The van der Waals surface area contributed by atoms with E-state index in [2.05, 4.69) is 10.3 Å². The third-order valence-corrected chi connectivity index (χ3v) is 3.66.